The molecule has 0 aliphatic carbocycles. The molecule has 1 saturated heterocycles. The molecule has 164 valence electrons. The number of piperidine rings is 1. The molecule has 1 aliphatic heterocycles. The van der Waals surface area contributed by atoms with E-state index >= 15 is 0 Å². The third kappa shape index (κ3) is 5.60. The number of anilines is 2. The summed E-state index contributed by atoms with van der Waals surface area (Å²) in [4.78, 5) is 10.2. The Bertz CT molecular complexity index is 976. The lowest BCUT2D eigenvalue weighted by Gasteiger charge is -2.28. The van der Waals surface area contributed by atoms with Gasteiger partial charge in [0.1, 0.15) is 5.82 Å². The van der Waals surface area contributed by atoms with E-state index in [1.807, 2.05) is 13.0 Å². The molecule has 0 bridgehead atoms. The molecule has 2 N–H and O–H groups in total. The number of hydrogen-bond donors (Lipinski definition) is 2. The highest BCUT2D eigenvalue weighted by molar-refractivity contribution is 7.89. The lowest BCUT2D eigenvalue weighted by Crippen LogP contribution is -2.32. The van der Waals surface area contributed by atoms with Gasteiger partial charge in [-0.15, -0.1) is 0 Å². The van der Waals surface area contributed by atoms with Gasteiger partial charge in [0.25, 0.3) is 0 Å². The molecule has 1 aliphatic rings. The van der Waals surface area contributed by atoms with Gasteiger partial charge < -0.3 is 10.2 Å². The Morgan fingerprint density at radius 2 is 1.77 bits per heavy atom. The van der Waals surface area contributed by atoms with E-state index in [2.05, 4.69) is 24.9 Å². The van der Waals surface area contributed by atoms with E-state index in [1.165, 1.54) is 12.5 Å². The number of aryl methyl sites for hydroxylation is 1. The summed E-state index contributed by atoms with van der Waals surface area (Å²) in [6, 6.07) is 5.99. The Labute approximate surface area is 173 Å². The van der Waals surface area contributed by atoms with Gasteiger partial charge in [-0.2, -0.15) is 18.2 Å². The quantitative estimate of drug-likeness (QED) is 0.639. The van der Waals surface area contributed by atoms with Gasteiger partial charge in [0.05, 0.1) is 10.5 Å². The standard InChI is InChI=1S/C19H24F3N5O2S/c1-14-13-17(27-11-5-2-6-12-27)26-18(25-14)23-9-10-24-30(28,29)16-8-4-3-7-15(16)19(20,21)22/h3-4,7-8,13,24H,2,5-6,9-12H2,1H3,(H,23,25,26). The lowest BCUT2D eigenvalue weighted by molar-refractivity contribution is -0.139. The summed E-state index contributed by atoms with van der Waals surface area (Å²) in [7, 11) is -4.32. The first kappa shape index (κ1) is 22.3. The van der Waals surface area contributed by atoms with Gasteiger partial charge in [-0.25, -0.2) is 18.1 Å². The van der Waals surface area contributed by atoms with E-state index in [4.69, 9.17) is 0 Å². The summed E-state index contributed by atoms with van der Waals surface area (Å²) >= 11 is 0. The summed E-state index contributed by atoms with van der Waals surface area (Å²) in [5.74, 6) is 1.16. The van der Waals surface area contributed by atoms with Gasteiger partial charge in [-0.05, 0) is 38.3 Å². The number of nitrogens with one attached hydrogen (secondary N) is 2. The van der Waals surface area contributed by atoms with E-state index in [0.717, 1.165) is 55.6 Å². The first-order chi connectivity index (χ1) is 14.2. The first-order valence-electron chi connectivity index (χ1n) is 9.67. The first-order valence-corrected chi connectivity index (χ1v) is 11.2. The van der Waals surface area contributed by atoms with Crippen LogP contribution in [0.1, 0.15) is 30.5 Å². The summed E-state index contributed by atoms with van der Waals surface area (Å²) in [6.07, 6.45) is -1.35. The molecule has 2 aromatic rings. The highest BCUT2D eigenvalue weighted by atomic mass is 32.2. The molecule has 0 saturated carbocycles. The maximum absolute atomic E-state index is 13.1. The van der Waals surface area contributed by atoms with Gasteiger partial charge in [0.2, 0.25) is 16.0 Å². The number of hydrogen-bond acceptors (Lipinski definition) is 6. The van der Waals surface area contributed by atoms with Crippen LogP contribution in [0.3, 0.4) is 0 Å². The second kappa shape index (κ2) is 9.17. The number of aromatic nitrogens is 2. The largest absolute Gasteiger partial charge is 0.417 e. The minimum absolute atomic E-state index is 0.120. The van der Waals surface area contributed by atoms with Crippen LogP contribution in [0.25, 0.3) is 0 Å². The topological polar surface area (TPSA) is 87.2 Å². The number of alkyl halides is 3. The second-order valence-corrected chi connectivity index (χ2v) is 8.79. The smallest absolute Gasteiger partial charge is 0.356 e. The van der Waals surface area contributed by atoms with Crippen molar-refractivity contribution in [3.8, 4) is 0 Å². The normalized spacial score (nSPS) is 15.3. The van der Waals surface area contributed by atoms with Crippen LogP contribution in [-0.4, -0.2) is 44.6 Å². The zero-order chi connectivity index (χ0) is 21.8. The van der Waals surface area contributed by atoms with Crippen molar-refractivity contribution in [2.75, 3.05) is 36.4 Å². The van der Waals surface area contributed by atoms with Crippen molar-refractivity contribution in [1.82, 2.24) is 14.7 Å². The Morgan fingerprint density at radius 3 is 2.47 bits per heavy atom. The molecule has 1 aromatic carbocycles. The number of benzene rings is 1. The van der Waals surface area contributed by atoms with E-state index in [-0.39, 0.29) is 13.1 Å². The summed E-state index contributed by atoms with van der Waals surface area (Å²) in [5, 5.41) is 2.94. The SMILES string of the molecule is Cc1cc(N2CCCCC2)nc(NCCNS(=O)(=O)c2ccccc2C(F)(F)F)n1. The molecular weight excluding hydrogens is 419 g/mol. The fourth-order valence-corrected chi connectivity index (χ4v) is 4.55. The fourth-order valence-electron chi connectivity index (χ4n) is 3.29. The number of nitrogens with zero attached hydrogens (tertiary/aromatic N) is 3. The molecule has 11 heteroatoms. The van der Waals surface area contributed by atoms with Crippen LogP contribution in [0.4, 0.5) is 24.9 Å². The van der Waals surface area contributed by atoms with E-state index in [0.29, 0.717) is 5.95 Å². The monoisotopic (exact) mass is 443 g/mol. The van der Waals surface area contributed by atoms with E-state index in [1.54, 1.807) is 0 Å². The predicted octanol–water partition coefficient (Wildman–Crippen LogP) is 3.18. The molecule has 0 spiro atoms. The zero-order valence-electron chi connectivity index (χ0n) is 16.5. The number of halogens is 3. The lowest BCUT2D eigenvalue weighted by atomic mass is 10.1. The van der Waals surface area contributed by atoms with Crippen LogP contribution < -0.4 is 14.9 Å². The molecule has 0 radical (unpaired) electrons. The van der Waals surface area contributed by atoms with Crippen LogP contribution in [0.2, 0.25) is 0 Å². The van der Waals surface area contributed by atoms with Gasteiger partial charge in [-0.3, -0.25) is 0 Å². The van der Waals surface area contributed by atoms with Crippen LogP contribution >= 0.6 is 0 Å². The van der Waals surface area contributed by atoms with Gasteiger partial charge in [-0.1, -0.05) is 12.1 Å². The maximum Gasteiger partial charge on any atom is 0.417 e. The molecule has 7 nitrogen and oxygen atoms in total. The van der Waals surface area contributed by atoms with Crippen molar-refractivity contribution < 1.29 is 21.6 Å². The predicted molar refractivity (Wildman–Crippen MR) is 108 cm³/mol. The van der Waals surface area contributed by atoms with Crippen molar-refractivity contribution in [2.24, 2.45) is 0 Å². The second-order valence-electron chi connectivity index (χ2n) is 7.06. The highest BCUT2D eigenvalue weighted by Crippen LogP contribution is 2.33. The Morgan fingerprint density at radius 1 is 1.07 bits per heavy atom. The van der Waals surface area contributed by atoms with Gasteiger partial charge in [0.15, 0.2) is 0 Å². The van der Waals surface area contributed by atoms with Crippen LogP contribution in [-0.2, 0) is 16.2 Å². The zero-order valence-corrected chi connectivity index (χ0v) is 17.4. The van der Waals surface area contributed by atoms with Crippen molar-refractivity contribution in [3.05, 3.63) is 41.6 Å². The Kier molecular flexibility index (Phi) is 6.81. The van der Waals surface area contributed by atoms with E-state index in [9.17, 15) is 21.6 Å². The molecule has 2 heterocycles. The fraction of sp³-hybridized carbons (Fsp3) is 0.474. The molecule has 1 fully saturated rings. The minimum atomic E-state index is -4.76. The van der Waals surface area contributed by atoms with Crippen molar-refractivity contribution in [1.29, 1.82) is 0 Å². The number of rotatable bonds is 7. The minimum Gasteiger partial charge on any atom is -0.356 e. The average Bonchev–Trinajstić information content (AvgIpc) is 2.71. The molecule has 0 unspecified atom stereocenters. The van der Waals surface area contributed by atoms with E-state index < -0.39 is 26.7 Å². The van der Waals surface area contributed by atoms with Crippen LogP contribution in [0.5, 0.6) is 0 Å². The van der Waals surface area contributed by atoms with Crippen LogP contribution in [0, 0.1) is 6.92 Å². The van der Waals surface area contributed by atoms with Gasteiger partial charge in [0, 0.05) is 37.9 Å². The summed E-state index contributed by atoms with van der Waals surface area (Å²) in [6.45, 7) is 3.70. The molecular formula is C19H24F3N5O2S. The van der Waals surface area contributed by atoms with Crippen LogP contribution in [0.15, 0.2) is 35.2 Å². The van der Waals surface area contributed by atoms with Crippen molar-refractivity contribution in [2.45, 2.75) is 37.3 Å². The molecule has 0 amide bonds. The summed E-state index contributed by atoms with van der Waals surface area (Å²) < 4.78 is 66.2. The highest BCUT2D eigenvalue weighted by Gasteiger charge is 2.36. The summed E-state index contributed by atoms with van der Waals surface area (Å²) in [5.41, 5.74) is -0.425. The third-order valence-electron chi connectivity index (χ3n) is 4.70. The average molecular weight is 443 g/mol. The van der Waals surface area contributed by atoms with Crippen molar-refractivity contribution in [3.63, 3.8) is 0 Å². The molecule has 30 heavy (non-hydrogen) atoms. The molecule has 3 rings (SSSR count). The van der Waals surface area contributed by atoms with Crippen molar-refractivity contribution >= 4 is 21.8 Å². The third-order valence-corrected chi connectivity index (χ3v) is 6.22. The maximum atomic E-state index is 13.1. The number of sulfonamides is 1. The Balaban J connectivity index is 1.62. The molecule has 1 aromatic heterocycles. The Hall–Kier alpha value is -2.40. The molecule has 0 atom stereocenters. The van der Waals surface area contributed by atoms with Gasteiger partial charge >= 0.3 is 6.18 Å².